The van der Waals surface area contributed by atoms with Gasteiger partial charge in [-0.05, 0) is 43.5 Å². The molecule has 1 spiro atoms. The van der Waals surface area contributed by atoms with Crippen molar-refractivity contribution in [2.45, 2.75) is 38.0 Å². The number of carbonyl (C=O) groups is 2. The second-order valence-electron chi connectivity index (χ2n) is 7.98. The third kappa shape index (κ3) is 4.34. The van der Waals surface area contributed by atoms with Crippen LogP contribution in [0.3, 0.4) is 0 Å². The van der Waals surface area contributed by atoms with Crippen molar-refractivity contribution < 1.29 is 36.3 Å². The third-order valence-electron chi connectivity index (χ3n) is 5.77. The van der Waals surface area contributed by atoms with Crippen molar-refractivity contribution in [3.05, 3.63) is 47.4 Å². The van der Waals surface area contributed by atoms with Crippen molar-refractivity contribution in [2.24, 2.45) is 0 Å². The molecule has 1 unspecified atom stereocenters. The van der Waals surface area contributed by atoms with E-state index < -0.39 is 35.0 Å². The highest BCUT2D eigenvalue weighted by atomic mass is 19.4. The fourth-order valence-electron chi connectivity index (χ4n) is 4.16. The number of carbonyl (C=O) groups excluding carboxylic acids is 2. The Balaban J connectivity index is 1.51. The van der Waals surface area contributed by atoms with Gasteiger partial charge in [0.1, 0.15) is 12.4 Å². The van der Waals surface area contributed by atoms with Gasteiger partial charge in [-0.15, -0.1) is 0 Å². The van der Waals surface area contributed by atoms with Crippen LogP contribution in [0.5, 0.6) is 0 Å². The van der Waals surface area contributed by atoms with E-state index in [1.54, 1.807) is 0 Å². The largest absolute Gasteiger partial charge is 0.452 e. The standard InChI is InChI=1S/C21H21F4N3O4/c1-13-26-17(18(32-13)21(23,24)25)19(30)27-9-2-7-20(8-10-27)12-28(16(29)11-31-20)15-5-3-14(22)4-6-15/h3-6H,2,7-12H2,1H3. The number of oxazole rings is 1. The molecular formula is C21H21F4N3O4. The van der Waals surface area contributed by atoms with Crippen LogP contribution in [0.4, 0.5) is 23.2 Å². The molecule has 7 nitrogen and oxygen atoms in total. The molecule has 2 amide bonds. The number of ether oxygens (including phenoxy) is 1. The smallest absolute Gasteiger partial charge is 0.436 e. The zero-order chi connectivity index (χ0) is 23.1. The fourth-order valence-corrected chi connectivity index (χ4v) is 4.16. The van der Waals surface area contributed by atoms with Gasteiger partial charge < -0.3 is 19.0 Å². The molecule has 0 aliphatic carbocycles. The maximum Gasteiger partial charge on any atom is 0.452 e. The molecule has 0 bridgehead atoms. The summed E-state index contributed by atoms with van der Waals surface area (Å²) in [7, 11) is 0. The third-order valence-corrected chi connectivity index (χ3v) is 5.77. The molecule has 0 N–H and O–H groups in total. The number of rotatable bonds is 2. The van der Waals surface area contributed by atoms with Gasteiger partial charge in [0.15, 0.2) is 11.6 Å². The lowest BCUT2D eigenvalue weighted by Gasteiger charge is -2.42. The van der Waals surface area contributed by atoms with Crippen molar-refractivity contribution in [3.8, 4) is 0 Å². The quantitative estimate of drug-likeness (QED) is 0.648. The monoisotopic (exact) mass is 455 g/mol. The highest BCUT2D eigenvalue weighted by molar-refractivity contribution is 5.95. The number of benzene rings is 1. The second kappa shape index (κ2) is 8.19. The summed E-state index contributed by atoms with van der Waals surface area (Å²) in [6.45, 7) is 1.63. The fraction of sp³-hybridized carbons (Fsp3) is 0.476. The first-order chi connectivity index (χ1) is 15.1. The van der Waals surface area contributed by atoms with Gasteiger partial charge >= 0.3 is 6.18 Å². The Labute approximate surface area is 180 Å². The second-order valence-corrected chi connectivity index (χ2v) is 7.98. The maximum absolute atomic E-state index is 13.3. The van der Waals surface area contributed by atoms with E-state index in [2.05, 4.69) is 9.40 Å². The highest BCUT2D eigenvalue weighted by Gasteiger charge is 2.45. The number of amides is 2. The molecule has 4 rings (SSSR count). The lowest BCUT2D eigenvalue weighted by atomic mass is 9.92. The van der Waals surface area contributed by atoms with Crippen LogP contribution in [0.2, 0.25) is 0 Å². The summed E-state index contributed by atoms with van der Waals surface area (Å²) in [5, 5.41) is 0. The number of morpholine rings is 1. The lowest BCUT2D eigenvalue weighted by molar-refractivity contribution is -0.153. The maximum atomic E-state index is 13.3. The van der Waals surface area contributed by atoms with E-state index in [1.165, 1.54) is 41.0 Å². The van der Waals surface area contributed by atoms with Gasteiger partial charge in [0.05, 0.1) is 12.1 Å². The predicted molar refractivity (Wildman–Crippen MR) is 103 cm³/mol. The van der Waals surface area contributed by atoms with Crippen LogP contribution >= 0.6 is 0 Å². The summed E-state index contributed by atoms with van der Waals surface area (Å²) < 4.78 is 63.5. The van der Waals surface area contributed by atoms with Crippen molar-refractivity contribution in [1.82, 2.24) is 9.88 Å². The van der Waals surface area contributed by atoms with E-state index in [1.807, 2.05) is 0 Å². The lowest BCUT2D eigenvalue weighted by Crippen LogP contribution is -2.55. The Hall–Kier alpha value is -2.95. The van der Waals surface area contributed by atoms with E-state index in [4.69, 9.17) is 4.74 Å². The molecule has 1 atom stereocenters. The first kappa shape index (κ1) is 22.3. The van der Waals surface area contributed by atoms with Crippen molar-refractivity contribution in [1.29, 1.82) is 0 Å². The van der Waals surface area contributed by atoms with Gasteiger partial charge in [-0.1, -0.05) is 0 Å². The Kier molecular flexibility index (Phi) is 5.70. The Bertz CT molecular complexity index is 1020. The molecule has 2 aliphatic rings. The molecule has 2 saturated heterocycles. The summed E-state index contributed by atoms with van der Waals surface area (Å²) >= 11 is 0. The van der Waals surface area contributed by atoms with Gasteiger partial charge in [-0.3, -0.25) is 9.59 Å². The zero-order valence-electron chi connectivity index (χ0n) is 17.2. The van der Waals surface area contributed by atoms with Gasteiger partial charge in [0, 0.05) is 25.7 Å². The van der Waals surface area contributed by atoms with Crippen molar-refractivity contribution >= 4 is 17.5 Å². The number of hydrogen-bond acceptors (Lipinski definition) is 5. The molecular weight excluding hydrogens is 434 g/mol. The normalized spacial score (nSPS) is 22.3. The molecule has 0 saturated carbocycles. The Morgan fingerprint density at radius 2 is 1.88 bits per heavy atom. The van der Waals surface area contributed by atoms with Crippen molar-refractivity contribution in [3.63, 3.8) is 0 Å². The number of hydrogen-bond donors (Lipinski definition) is 0. The van der Waals surface area contributed by atoms with Crippen LogP contribution < -0.4 is 4.90 Å². The minimum Gasteiger partial charge on any atom is -0.436 e. The first-order valence-electron chi connectivity index (χ1n) is 10.1. The topological polar surface area (TPSA) is 75.9 Å². The molecule has 3 heterocycles. The number of aryl methyl sites for hydroxylation is 1. The van der Waals surface area contributed by atoms with Crippen LogP contribution in [0.15, 0.2) is 28.7 Å². The number of halogens is 4. The van der Waals surface area contributed by atoms with E-state index in [-0.39, 0.29) is 38.0 Å². The van der Waals surface area contributed by atoms with Gasteiger partial charge in [0.25, 0.3) is 11.8 Å². The Morgan fingerprint density at radius 3 is 2.56 bits per heavy atom. The minimum atomic E-state index is -4.83. The molecule has 1 aromatic heterocycles. The van der Waals surface area contributed by atoms with Crippen LogP contribution in [0.1, 0.15) is 41.4 Å². The van der Waals surface area contributed by atoms with Gasteiger partial charge in [-0.25, -0.2) is 9.37 Å². The van der Waals surface area contributed by atoms with E-state index >= 15 is 0 Å². The average molecular weight is 455 g/mol. The number of alkyl halides is 3. The molecule has 0 radical (unpaired) electrons. The molecule has 1 aromatic carbocycles. The summed E-state index contributed by atoms with van der Waals surface area (Å²) in [4.78, 5) is 31.7. The minimum absolute atomic E-state index is 0.132. The highest BCUT2D eigenvalue weighted by Crippen LogP contribution is 2.35. The van der Waals surface area contributed by atoms with Crippen LogP contribution in [-0.4, -0.2) is 53.5 Å². The molecule has 2 aliphatic heterocycles. The predicted octanol–water partition coefficient (Wildman–Crippen LogP) is 3.57. The summed E-state index contributed by atoms with van der Waals surface area (Å²) in [6, 6.07) is 5.53. The number of anilines is 1. The molecule has 32 heavy (non-hydrogen) atoms. The van der Waals surface area contributed by atoms with Gasteiger partial charge in [0.2, 0.25) is 5.76 Å². The van der Waals surface area contributed by atoms with Crippen molar-refractivity contribution in [2.75, 3.05) is 31.1 Å². The number of likely N-dealkylation sites (tertiary alicyclic amines) is 1. The van der Waals surface area contributed by atoms with Crippen LogP contribution in [0.25, 0.3) is 0 Å². The SMILES string of the molecule is Cc1nc(C(=O)N2CCCC3(CC2)CN(c2ccc(F)cc2)C(=O)CO3)c(C(F)(F)F)o1. The summed E-state index contributed by atoms with van der Waals surface area (Å²) in [5.74, 6) is -3.19. The number of nitrogens with zero attached hydrogens (tertiary/aromatic N) is 3. The van der Waals surface area contributed by atoms with Crippen LogP contribution in [0, 0.1) is 12.7 Å². The molecule has 2 fully saturated rings. The summed E-state index contributed by atoms with van der Waals surface area (Å²) in [6.07, 6.45) is -3.54. The van der Waals surface area contributed by atoms with E-state index in [9.17, 15) is 27.2 Å². The van der Waals surface area contributed by atoms with Gasteiger partial charge in [-0.2, -0.15) is 13.2 Å². The first-order valence-corrected chi connectivity index (χ1v) is 10.1. The number of aromatic nitrogens is 1. The average Bonchev–Trinajstić information content (AvgIpc) is 3.03. The van der Waals surface area contributed by atoms with Crippen LogP contribution in [-0.2, 0) is 15.7 Å². The molecule has 2 aromatic rings. The molecule has 11 heteroatoms. The molecule has 172 valence electrons. The Morgan fingerprint density at radius 1 is 1.16 bits per heavy atom. The van der Waals surface area contributed by atoms with E-state index in [0.29, 0.717) is 24.9 Å². The zero-order valence-corrected chi connectivity index (χ0v) is 17.2. The summed E-state index contributed by atoms with van der Waals surface area (Å²) in [5.41, 5.74) is -0.980. The van der Waals surface area contributed by atoms with E-state index in [0.717, 1.165) is 0 Å².